The number of carbonyl (C=O) groups is 7. The van der Waals surface area contributed by atoms with Gasteiger partial charge in [-0.2, -0.15) is 0 Å². The monoisotopic (exact) mass is 1230 g/mol. The van der Waals surface area contributed by atoms with Crippen LogP contribution in [-0.2, 0) is 51.9 Å². The van der Waals surface area contributed by atoms with Crippen molar-refractivity contribution in [1.29, 1.82) is 0 Å². The number of aliphatic hydroxyl groups is 2. The Labute approximate surface area is 506 Å². The van der Waals surface area contributed by atoms with Gasteiger partial charge >= 0.3 is 7.82 Å². The number of hydrogen-bond acceptors (Lipinski definition) is 18. The minimum absolute atomic E-state index is 0.0121. The number of rotatable bonds is 27. The van der Waals surface area contributed by atoms with Gasteiger partial charge in [0.05, 0.1) is 24.3 Å². The molecule has 8 bridgehead atoms. The van der Waals surface area contributed by atoms with Gasteiger partial charge in [0.25, 0.3) is 0 Å². The average molecular weight is 1230 g/mol. The molecule has 26 nitrogen and oxygen atoms in total. The number of aryl methyl sites for hydroxylation is 1. The number of ether oxygens (including phenoxy) is 2. The predicted molar refractivity (Wildman–Crippen MR) is 321 cm³/mol. The second-order valence-corrected chi connectivity index (χ2v) is 27.3. The second-order valence-electron chi connectivity index (χ2n) is 25.9. The third kappa shape index (κ3) is 13.8. The molecule has 0 radical (unpaired) electrons. The summed E-state index contributed by atoms with van der Waals surface area (Å²) in [6, 6.07) is 5.78. The number of fused-ring (bicyclic) bond motifs is 6. The molecule has 478 valence electrons. The molecule has 6 aliphatic heterocycles. The summed E-state index contributed by atoms with van der Waals surface area (Å²) >= 11 is 0. The normalized spacial score (nSPS) is 34.8. The Kier molecular flexibility index (Phi) is 20.1. The van der Waals surface area contributed by atoms with Crippen molar-refractivity contribution in [2.45, 2.75) is 182 Å². The van der Waals surface area contributed by atoms with Crippen LogP contribution in [0.5, 0.6) is 5.75 Å². The molecule has 27 heteroatoms. The van der Waals surface area contributed by atoms with Gasteiger partial charge in [0.2, 0.25) is 47.6 Å². The zero-order chi connectivity index (χ0) is 64.7. The summed E-state index contributed by atoms with van der Waals surface area (Å²) in [5, 5.41) is 27.6. The molecule has 2 saturated heterocycles. The lowest BCUT2D eigenvalue weighted by atomic mass is 9.55. The molecule has 87 heavy (non-hydrogen) atoms. The zero-order valence-corrected chi connectivity index (χ0v) is 52.2. The number of primary amides is 6. The standard InChI is InChI=1S/C60H88N11O15P/c1-29-11-13-33(14-12-29)83-55-50(80)51(39(28-72)84-55)86-87(81,82)85-30(2)27-67-47(79)21-22-57(7)37(23-44(64)76)54-60(10)59(9,26-46(66)78)36(17-20-43(63)75)49(71-60)32(4)53-58(8,25-45(65)77)34(15-18-41(61)73)38(68-53)24-40-56(5,6)35(16-19-42(62)74)48(69-40)31(3)52(57)70-54/h11-14,24,30,34-37,39,50-51,54-55,68,72,80H,15-23,25-28H2,1-10H3,(H2,61,73)(H2,62,74)(H2,63,75)(H2,64,76)(H2,65,77)(H2,66,78)(H,67,79)(H,81,82)/b38-24-,48-31-,53-32-/t30-,34-,35-,36-,37+,39-,50+,51-,54-,55+,57-,58+,59+,60-/m1/s1. The summed E-state index contributed by atoms with van der Waals surface area (Å²) in [6.45, 7) is 17.2. The minimum atomic E-state index is -5.05. The van der Waals surface area contributed by atoms with E-state index in [4.69, 9.17) is 67.9 Å². The molecule has 0 spiro atoms. The van der Waals surface area contributed by atoms with Crippen molar-refractivity contribution >= 4 is 66.3 Å². The zero-order valence-electron chi connectivity index (χ0n) is 51.3. The fraction of sp³-hybridized carbons (Fsp3) is 0.633. The molecule has 2 fully saturated rings. The van der Waals surface area contributed by atoms with Crippen LogP contribution >= 0.6 is 7.82 Å². The van der Waals surface area contributed by atoms with E-state index in [2.05, 4.69) is 10.6 Å². The molecular weight excluding hydrogens is 1150 g/mol. The molecule has 0 saturated carbocycles. The van der Waals surface area contributed by atoms with E-state index in [-0.39, 0.29) is 77.2 Å². The molecule has 1 aromatic carbocycles. The van der Waals surface area contributed by atoms with Gasteiger partial charge in [0, 0.05) is 131 Å². The van der Waals surface area contributed by atoms with Crippen molar-refractivity contribution in [3.63, 3.8) is 0 Å². The van der Waals surface area contributed by atoms with Gasteiger partial charge in [-0.15, -0.1) is 0 Å². The molecular formula is C60H88N11O15P. The van der Waals surface area contributed by atoms with Crippen LogP contribution in [0.1, 0.15) is 139 Å². The minimum Gasteiger partial charge on any atom is -0.462 e. The summed E-state index contributed by atoms with van der Waals surface area (Å²) in [5.41, 5.74) is 35.1. The lowest BCUT2D eigenvalue weighted by Gasteiger charge is -2.48. The summed E-state index contributed by atoms with van der Waals surface area (Å²) < 4.78 is 35.7. The highest BCUT2D eigenvalue weighted by molar-refractivity contribution is 7.47. The van der Waals surface area contributed by atoms with Crippen molar-refractivity contribution in [2.24, 2.45) is 94.7 Å². The van der Waals surface area contributed by atoms with Crippen LogP contribution in [0.2, 0.25) is 0 Å². The summed E-state index contributed by atoms with van der Waals surface area (Å²) in [4.78, 5) is 121. The van der Waals surface area contributed by atoms with Crippen molar-refractivity contribution in [2.75, 3.05) is 13.2 Å². The maximum absolute atomic E-state index is 14.3. The predicted octanol–water partition coefficient (Wildman–Crippen LogP) is 2.71. The molecule has 0 aromatic heterocycles. The largest absolute Gasteiger partial charge is 0.472 e. The number of phosphoric acid groups is 1. The first-order chi connectivity index (χ1) is 40.4. The Bertz CT molecular complexity index is 3180. The molecule has 15 atom stereocenters. The van der Waals surface area contributed by atoms with Crippen LogP contribution in [0, 0.1) is 52.3 Å². The Morgan fingerprint density at radius 1 is 0.782 bits per heavy atom. The molecule has 6 heterocycles. The highest BCUT2D eigenvalue weighted by Crippen LogP contribution is 2.62. The quantitative estimate of drug-likeness (QED) is 0.0564. The van der Waals surface area contributed by atoms with Crippen molar-refractivity contribution in [3.05, 3.63) is 64.1 Å². The van der Waals surface area contributed by atoms with E-state index in [0.29, 0.717) is 51.1 Å². The number of phosphoric ester groups is 1. The summed E-state index contributed by atoms with van der Waals surface area (Å²) in [7, 11) is -5.05. The first-order valence-corrected chi connectivity index (χ1v) is 30.9. The maximum atomic E-state index is 14.3. The van der Waals surface area contributed by atoms with Gasteiger partial charge in [-0.25, -0.2) is 4.57 Å². The second kappa shape index (κ2) is 25.8. The molecule has 7 rings (SSSR count). The molecule has 6 aliphatic rings. The SMILES string of the molecule is C/C1=C2N=C(/C=C3\N/C(=C(/C)C4=N[C@](C)([C@@H]5N=C1[C@](C)(CCC(=O)NC[C@@H](C)OP(=O)(O)O[C@H]1[C@H](O)[C@@H](Oc6ccc(C)cc6)O[C@@H]1CO)[C@H]5CC(N)=O)[C@@](C)(CC(N)=O)[C@@H]4CCC(N)=O)[C@@](C)(CC(N)=O)[C@@H]3CCC(N)=O)C(C)(C)[C@@H]/2CCC(N)=O. The van der Waals surface area contributed by atoms with E-state index in [9.17, 15) is 53.2 Å². The van der Waals surface area contributed by atoms with Crippen molar-refractivity contribution < 1.29 is 71.8 Å². The number of aliphatic imine (C=N–C) groups is 3. The molecule has 1 aromatic rings. The number of nitrogens with zero attached hydrogens (tertiary/aromatic N) is 3. The number of aliphatic hydroxyl groups excluding tert-OH is 2. The van der Waals surface area contributed by atoms with Crippen LogP contribution in [0.4, 0.5) is 0 Å². The average Bonchev–Trinajstić information content (AvgIpc) is 1.55. The number of benzene rings is 1. The Hall–Kier alpha value is -6.67. The van der Waals surface area contributed by atoms with E-state index in [1.807, 2.05) is 68.4 Å². The lowest BCUT2D eigenvalue weighted by Crippen LogP contribution is -2.56. The van der Waals surface area contributed by atoms with Gasteiger partial charge in [0.1, 0.15) is 24.1 Å². The van der Waals surface area contributed by atoms with E-state index < -0.39 is 143 Å². The number of nitrogens with one attached hydrogen (secondary N) is 2. The molecule has 7 amide bonds. The van der Waals surface area contributed by atoms with Gasteiger partial charge in [-0.05, 0) is 89.7 Å². The van der Waals surface area contributed by atoms with Gasteiger partial charge < -0.3 is 69.6 Å². The number of allylic oxidation sites excluding steroid dienone is 6. The van der Waals surface area contributed by atoms with E-state index in [1.54, 1.807) is 24.3 Å². The molecule has 0 aliphatic carbocycles. The van der Waals surface area contributed by atoms with Crippen LogP contribution in [0.25, 0.3) is 0 Å². The van der Waals surface area contributed by atoms with E-state index in [1.165, 1.54) is 6.92 Å². The van der Waals surface area contributed by atoms with Crippen LogP contribution in [0.3, 0.4) is 0 Å². The Morgan fingerprint density at radius 3 is 1.93 bits per heavy atom. The number of amides is 7. The van der Waals surface area contributed by atoms with Gasteiger partial charge in [-0.1, -0.05) is 52.3 Å². The van der Waals surface area contributed by atoms with Crippen molar-refractivity contribution in [1.82, 2.24) is 10.6 Å². The van der Waals surface area contributed by atoms with E-state index in [0.717, 1.165) is 5.56 Å². The lowest BCUT2D eigenvalue weighted by molar-refractivity contribution is -0.124. The van der Waals surface area contributed by atoms with Crippen LogP contribution < -0.4 is 49.8 Å². The number of nitrogens with two attached hydrogens (primary N) is 6. The summed E-state index contributed by atoms with van der Waals surface area (Å²) in [6.07, 6.45) is -6.05. The third-order valence-corrected chi connectivity index (χ3v) is 20.5. The maximum Gasteiger partial charge on any atom is 0.472 e. The topological polar surface area (TPSA) is 451 Å². The molecule has 1 unspecified atom stereocenters. The van der Waals surface area contributed by atoms with Crippen molar-refractivity contribution in [3.8, 4) is 5.75 Å². The number of carbonyl (C=O) groups excluding carboxylic acids is 7. The highest BCUT2D eigenvalue weighted by atomic mass is 31.2. The Balaban J connectivity index is 1.33. The van der Waals surface area contributed by atoms with Gasteiger partial charge in [0.15, 0.2) is 0 Å². The first-order valence-electron chi connectivity index (χ1n) is 29.4. The highest BCUT2D eigenvalue weighted by Gasteiger charge is 2.66. The molecule has 17 N–H and O–H groups in total. The van der Waals surface area contributed by atoms with Crippen LogP contribution in [0.15, 0.2) is 73.6 Å². The number of hydrogen-bond donors (Lipinski definition) is 11. The summed E-state index contributed by atoms with van der Waals surface area (Å²) in [5.74, 6) is -6.86. The van der Waals surface area contributed by atoms with Crippen LogP contribution in [-0.4, -0.2) is 129 Å². The Morgan fingerprint density at radius 2 is 1.37 bits per heavy atom. The fourth-order valence-corrected chi connectivity index (χ4v) is 15.7. The fourth-order valence-electron chi connectivity index (χ4n) is 14.6. The first kappa shape index (κ1) is 67.8. The smallest absolute Gasteiger partial charge is 0.462 e. The van der Waals surface area contributed by atoms with E-state index >= 15 is 0 Å². The third-order valence-electron chi connectivity index (χ3n) is 19.4. The van der Waals surface area contributed by atoms with Gasteiger partial charge in [-0.3, -0.25) is 57.6 Å².